The second-order valence-electron chi connectivity index (χ2n) is 5.58. The van der Waals surface area contributed by atoms with E-state index in [1.54, 1.807) is 6.07 Å². The first-order valence-corrected chi connectivity index (χ1v) is 7.15. The molecule has 1 aliphatic carbocycles. The number of aliphatic carboxylic acids is 1. The first-order chi connectivity index (χ1) is 10.1. The molecule has 0 bridgehead atoms. The van der Waals surface area contributed by atoms with Crippen LogP contribution < -0.4 is 5.32 Å². The fourth-order valence-electron chi connectivity index (χ4n) is 2.60. The Balaban J connectivity index is 1.77. The van der Waals surface area contributed by atoms with Crippen LogP contribution in [0, 0.1) is 5.92 Å². The molecule has 0 aliphatic heterocycles. The van der Waals surface area contributed by atoms with Gasteiger partial charge in [0.2, 0.25) is 0 Å². The molecule has 1 aliphatic rings. The van der Waals surface area contributed by atoms with Gasteiger partial charge < -0.3 is 10.4 Å². The SMILES string of the molecule is O=C(O)CC(NC(=O)c1ccc2ccccc2c1)C1CC1. The van der Waals surface area contributed by atoms with Crippen molar-refractivity contribution in [1.29, 1.82) is 0 Å². The van der Waals surface area contributed by atoms with Crippen LogP contribution in [0.25, 0.3) is 10.8 Å². The van der Waals surface area contributed by atoms with Gasteiger partial charge in [-0.25, -0.2) is 0 Å². The maximum atomic E-state index is 12.3. The van der Waals surface area contributed by atoms with Gasteiger partial charge in [-0.2, -0.15) is 0 Å². The Hall–Kier alpha value is -2.36. The molecule has 1 saturated carbocycles. The van der Waals surface area contributed by atoms with Gasteiger partial charge in [-0.15, -0.1) is 0 Å². The minimum Gasteiger partial charge on any atom is -0.481 e. The molecule has 0 spiro atoms. The minimum absolute atomic E-state index is 0.00993. The Morgan fingerprint density at radius 1 is 1.14 bits per heavy atom. The van der Waals surface area contributed by atoms with Crippen LogP contribution >= 0.6 is 0 Å². The van der Waals surface area contributed by atoms with Crippen LogP contribution in [0.3, 0.4) is 0 Å². The van der Waals surface area contributed by atoms with Gasteiger partial charge >= 0.3 is 5.97 Å². The summed E-state index contributed by atoms with van der Waals surface area (Å²) in [6.07, 6.45) is 1.98. The maximum absolute atomic E-state index is 12.3. The highest BCUT2D eigenvalue weighted by Crippen LogP contribution is 2.34. The van der Waals surface area contributed by atoms with E-state index < -0.39 is 5.97 Å². The van der Waals surface area contributed by atoms with E-state index in [1.165, 1.54) is 0 Å². The van der Waals surface area contributed by atoms with Crippen molar-refractivity contribution < 1.29 is 14.7 Å². The van der Waals surface area contributed by atoms with Gasteiger partial charge in [-0.3, -0.25) is 9.59 Å². The third-order valence-corrected chi connectivity index (χ3v) is 3.91. The van der Waals surface area contributed by atoms with Crippen LogP contribution in [0.2, 0.25) is 0 Å². The van der Waals surface area contributed by atoms with E-state index in [0.717, 1.165) is 23.6 Å². The molecule has 0 aromatic heterocycles. The van der Waals surface area contributed by atoms with Crippen LogP contribution in [0.15, 0.2) is 42.5 Å². The molecular weight excluding hydrogens is 266 g/mol. The van der Waals surface area contributed by atoms with Gasteiger partial charge in [0.15, 0.2) is 0 Å². The summed E-state index contributed by atoms with van der Waals surface area (Å²) in [6, 6.07) is 13.1. The molecule has 2 aromatic rings. The van der Waals surface area contributed by atoms with E-state index in [9.17, 15) is 9.59 Å². The minimum atomic E-state index is -0.870. The smallest absolute Gasteiger partial charge is 0.305 e. The predicted molar refractivity (Wildman–Crippen MR) is 80.2 cm³/mol. The molecule has 0 radical (unpaired) electrons. The van der Waals surface area contributed by atoms with Gasteiger partial charge in [0.05, 0.1) is 6.42 Å². The summed E-state index contributed by atoms with van der Waals surface area (Å²) >= 11 is 0. The van der Waals surface area contributed by atoms with Gasteiger partial charge in [0, 0.05) is 11.6 Å². The van der Waals surface area contributed by atoms with E-state index in [4.69, 9.17) is 5.11 Å². The lowest BCUT2D eigenvalue weighted by molar-refractivity contribution is -0.137. The second kappa shape index (κ2) is 5.56. The number of fused-ring (bicyclic) bond motifs is 1. The number of nitrogens with one attached hydrogen (secondary N) is 1. The van der Waals surface area contributed by atoms with Crippen LogP contribution in [-0.2, 0) is 4.79 Å². The number of hydrogen-bond acceptors (Lipinski definition) is 2. The Bertz CT molecular complexity index is 691. The van der Waals surface area contributed by atoms with E-state index in [2.05, 4.69) is 5.32 Å². The molecule has 0 heterocycles. The summed E-state index contributed by atoms with van der Waals surface area (Å²) < 4.78 is 0. The number of rotatable bonds is 5. The largest absolute Gasteiger partial charge is 0.481 e. The molecule has 1 fully saturated rings. The summed E-state index contributed by atoms with van der Waals surface area (Å²) in [6.45, 7) is 0. The Morgan fingerprint density at radius 2 is 1.86 bits per heavy atom. The monoisotopic (exact) mass is 283 g/mol. The molecule has 2 N–H and O–H groups in total. The molecule has 4 heteroatoms. The summed E-state index contributed by atoms with van der Waals surface area (Å²) in [5.74, 6) is -0.755. The normalized spacial score (nSPS) is 15.6. The topological polar surface area (TPSA) is 66.4 Å². The summed E-state index contributed by atoms with van der Waals surface area (Å²) in [4.78, 5) is 23.2. The third-order valence-electron chi connectivity index (χ3n) is 3.91. The zero-order chi connectivity index (χ0) is 14.8. The highest BCUT2D eigenvalue weighted by molar-refractivity contribution is 5.98. The van der Waals surface area contributed by atoms with E-state index >= 15 is 0 Å². The highest BCUT2D eigenvalue weighted by atomic mass is 16.4. The summed E-state index contributed by atoms with van der Waals surface area (Å²) in [5.41, 5.74) is 0.574. The third kappa shape index (κ3) is 3.21. The first-order valence-electron chi connectivity index (χ1n) is 7.15. The Morgan fingerprint density at radius 3 is 2.52 bits per heavy atom. The van der Waals surface area contributed by atoms with Crippen molar-refractivity contribution in [3.8, 4) is 0 Å². The number of benzene rings is 2. The van der Waals surface area contributed by atoms with Crippen molar-refractivity contribution in [1.82, 2.24) is 5.32 Å². The first kappa shape index (κ1) is 13.6. The van der Waals surface area contributed by atoms with Gasteiger partial charge in [0.1, 0.15) is 0 Å². The van der Waals surface area contributed by atoms with Crippen molar-refractivity contribution in [3.63, 3.8) is 0 Å². The van der Waals surface area contributed by atoms with Crippen molar-refractivity contribution in [3.05, 3.63) is 48.0 Å². The molecular formula is C17H17NO3. The number of carboxylic acid groups (broad SMARTS) is 1. The summed E-state index contributed by atoms with van der Waals surface area (Å²) in [5, 5.41) is 13.9. The molecule has 2 aromatic carbocycles. The Labute approximate surface area is 122 Å². The zero-order valence-electron chi connectivity index (χ0n) is 11.6. The number of carbonyl (C=O) groups is 2. The number of amides is 1. The van der Waals surface area contributed by atoms with Crippen molar-refractivity contribution >= 4 is 22.6 Å². The molecule has 1 amide bonds. The fraction of sp³-hybridized carbons (Fsp3) is 0.294. The molecule has 21 heavy (non-hydrogen) atoms. The lowest BCUT2D eigenvalue weighted by atomic mass is 10.0. The Kier molecular flexibility index (Phi) is 3.60. The van der Waals surface area contributed by atoms with Crippen LogP contribution in [0.5, 0.6) is 0 Å². The standard InChI is InChI=1S/C17H17NO3/c19-16(20)10-15(12-6-7-12)18-17(21)14-8-5-11-3-1-2-4-13(11)9-14/h1-5,8-9,12,15H,6-7,10H2,(H,18,21)(H,19,20). The fourth-order valence-corrected chi connectivity index (χ4v) is 2.60. The van der Waals surface area contributed by atoms with E-state index in [-0.39, 0.29) is 18.4 Å². The summed E-state index contributed by atoms with van der Waals surface area (Å²) in [7, 11) is 0. The lowest BCUT2D eigenvalue weighted by Gasteiger charge is -2.16. The molecule has 4 nitrogen and oxygen atoms in total. The van der Waals surface area contributed by atoms with Gasteiger partial charge in [-0.05, 0) is 41.7 Å². The van der Waals surface area contributed by atoms with Crippen molar-refractivity contribution in [2.24, 2.45) is 5.92 Å². The molecule has 3 rings (SSSR count). The second-order valence-corrected chi connectivity index (χ2v) is 5.58. The average molecular weight is 283 g/mol. The quantitative estimate of drug-likeness (QED) is 0.886. The van der Waals surface area contributed by atoms with Crippen molar-refractivity contribution in [2.75, 3.05) is 0 Å². The molecule has 1 atom stereocenters. The van der Waals surface area contributed by atoms with Gasteiger partial charge in [0.25, 0.3) is 5.91 Å². The van der Waals surface area contributed by atoms with Crippen LogP contribution in [-0.4, -0.2) is 23.0 Å². The maximum Gasteiger partial charge on any atom is 0.305 e. The van der Waals surface area contributed by atoms with Crippen LogP contribution in [0.4, 0.5) is 0 Å². The number of hydrogen-bond donors (Lipinski definition) is 2. The van der Waals surface area contributed by atoms with E-state index in [0.29, 0.717) is 11.5 Å². The predicted octanol–water partition coefficient (Wildman–Crippen LogP) is 2.82. The lowest BCUT2D eigenvalue weighted by Crippen LogP contribution is -2.38. The van der Waals surface area contributed by atoms with E-state index in [1.807, 2.05) is 36.4 Å². The number of carboxylic acids is 1. The zero-order valence-corrected chi connectivity index (χ0v) is 11.6. The molecule has 0 saturated heterocycles. The van der Waals surface area contributed by atoms with Gasteiger partial charge in [-0.1, -0.05) is 30.3 Å². The molecule has 1 unspecified atom stereocenters. The number of carbonyl (C=O) groups excluding carboxylic acids is 1. The molecule has 108 valence electrons. The van der Waals surface area contributed by atoms with Crippen LogP contribution in [0.1, 0.15) is 29.6 Å². The van der Waals surface area contributed by atoms with Crippen molar-refractivity contribution in [2.45, 2.75) is 25.3 Å². The average Bonchev–Trinajstić information content (AvgIpc) is 3.30. The highest BCUT2D eigenvalue weighted by Gasteiger charge is 2.33.